The van der Waals surface area contributed by atoms with Crippen LogP contribution in [0, 0.1) is 11.8 Å². The SMILES string of the molecule is CO[Si](OC)(OC)C(C)(C)C(C)C.CO[Si](OC)(OC)C(C)(C)C(C)C. The number of rotatable bonds is 10. The van der Waals surface area contributed by atoms with E-state index in [1.54, 1.807) is 42.7 Å². The molecule has 0 saturated carbocycles. The van der Waals surface area contributed by atoms with Gasteiger partial charge in [0.1, 0.15) is 0 Å². The zero-order chi connectivity index (χ0) is 21.4. The normalized spacial score (nSPS) is 13.8. The van der Waals surface area contributed by atoms with Crippen molar-refractivity contribution in [3.05, 3.63) is 0 Å². The predicted molar refractivity (Wildman–Crippen MR) is 111 cm³/mol. The zero-order valence-corrected chi connectivity index (χ0v) is 21.6. The molecule has 0 unspecified atom stereocenters. The molecule has 6 nitrogen and oxygen atoms in total. The van der Waals surface area contributed by atoms with Crippen molar-refractivity contribution in [3.8, 4) is 0 Å². The molecule has 0 rings (SSSR count). The fourth-order valence-electron chi connectivity index (χ4n) is 2.79. The molecule has 0 aliphatic carbocycles. The van der Waals surface area contributed by atoms with Crippen molar-refractivity contribution in [2.24, 2.45) is 11.8 Å². The monoisotopic (exact) mass is 412 g/mol. The van der Waals surface area contributed by atoms with Crippen molar-refractivity contribution >= 4 is 17.6 Å². The zero-order valence-electron chi connectivity index (χ0n) is 19.6. The third-order valence-electron chi connectivity index (χ3n) is 6.08. The van der Waals surface area contributed by atoms with E-state index in [1.807, 2.05) is 0 Å². The predicted octanol–water partition coefficient (Wildman–Crippen LogP) is 4.60. The summed E-state index contributed by atoms with van der Waals surface area (Å²) >= 11 is 0. The fraction of sp³-hybridized carbons (Fsp3) is 1.00. The van der Waals surface area contributed by atoms with Gasteiger partial charge in [0.25, 0.3) is 0 Å². The van der Waals surface area contributed by atoms with Crippen LogP contribution in [-0.2, 0) is 26.6 Å². The molecule has 0 aromatic carbocycles. The van der Waals surface area contributed by atoms with Crippen LogP contribution >= 0.6 is 0 Å². The first-order valence-electron chi connectivity index (χ1n) is 9.06. The summed E-state index contributed by atoms with van der Waals surface area (Å²) in [7, 11) is 4.92. The molecule has 0 aromatic rings. The summed E-state index contributed by atoms with van der Waals surface area (Å²) in [5.74, 6) is 0.915. The van der Waals surface area contributed by atoms with E-state index in [0.717, 1.165) is 0 Å². The lowest BCUT2D eigenvalue weighted by Gasteiger charge is -2.41. The molecule has 160 valence electrons. The highest BCUT2D eigenvalue weighted by atomic mass is 28.4. The summed E-state index contributed by atoms with van der Waals surface area (Å²) in [6, 6.07) is 0. The van der Waals surface area contributed by atoms with Crippen molar-refractivity contribution in [1.29, 1.82) is 0 Å². The molecule has 0 bridgehead atoms. The second-order valence-corrected chi connectivity index (χ2v) is 15.3. The topological polar surface area (TPSA) is 55.4 Å². The number of hydrogen-bond donors (Lipinski definition) is 0. The maximum Gasteiger partial charge on any atom is 0.506 e. The van der Waals surface area contributed by atoms with Gasteiger partial charge in [-0.15, -0.1) is 0 Å². The second kappa shape index (κ2) is 11.3. The van der Waals surface area contributed by atoms with E-state index in [-0.39, 0.29) is 10.1 Å². The molecule has 0 N–H and O–H groups in total. The average Bonchev–Trinajstić information content (AvgIpc) is 2.59. The summed E-state index contributed by atoms with van der Waals surface area (Å²) < 4.78 is 32.7. The molecule has 26 heavy (non-hydrogen) atoms. The molecule has 0 aliphatic heterocycles. The Hall–Kier alpha value is 0.194. The second-order valence-electron chi connectivity index (χ2n) is 8.09. The first kappa shape index (κ1) is 28.4. The van der Waals surface area contributed by atoms with Gasteiger partial charge in [-0.25, -0.2) is 0 Å². The Morgan fingerprint density at radius 3 is 0.654 bits per heavy atom. The highest BCUT2D eigenvalue weighted by Gasteiger charge is 2.56. The van der Waals surface area contributed by atoms with Gasteiger partial charge >= 0.3 is 17.6 Å². The van der Waals surface area contributed by atoms with Gasteiger partial charge in [0.2, 0.25) is 0 Å². The molecule has 0 fully saturated rings. The van der Waals surface area contributed by atoms with Crippen LogP contribution < -0.4 is 0 Å². The lowest BCUT2D eigenvalue weighted by atomic mass is 9.99. The first-order valence-corrected chi connectivity index (χ1v) is 12.5. The molecular formula is C18H44O6Si2. The maximum absolute atomic E-state index is 5.46. The molecular weight excluding hydrogens is 368 g/mol. The van der Waals surface area contributed by atoms with Gasteiger partial charge in [-0.05, 0) is 11.8 Å². The quantitative estimate of drug-likeness (QED) is 0.489. The fourth-order valence-corrected chi connectivity index (χ4v) is 8.36. The molecule has 0 aliphatic rings. The third kappa shape index (κ3) is 5.60. The van der Waals surface area contributed by atoms with Crippen LogP contribution in [0.25, 0.3) is 0 Å². The molecule has 0 saturated heterocycles. The minimum absolute atomic E-state index is 0.0642. The third-order valence-corrected chi connectivity index (χ3v) is 13.6. The van der Waals surface area contributed by atoms with Crippen molar-refractivity contribution in [2.45, 2.75) is 65.5 Å². The van der Waals surface area contributed by atoms with E-state index in [1.165, 1.54) is 0 Å². The minimum Gasteiger partial charge on any atom is -0.377 e. The van der Waals surface area contributed by atoms with E-state index in [9.17, 15) is 0 Å². The lowest BCUT2D eigenvalue weighted by Crippen LogP contribution is -2.54. The maximum atomic E-state index is 5.46. The van der Waals surface area contributed by atoms with E-state index in [2.05, 4.69) is 55.4 Å². The Labute approximate surface area is 164 Å². The van der Waals surface area contributed by atoms with E-state index < -0.39 is 17.6 Å². The van der Waals surface area contributed by atoms with E-state index >= 15 is 0 Å². The van der Waals surface area contributed by atoms with Gasteiger partial charge in [0.05, 0.1) is 0 Å². The summed E-state index contributed by atoms with van der Waals surface area (Å²) in [5.41, 5.74) is 0. The molecule has 0 amide bonds. The van der Waals surface area contributed by atoms with Crippen molar-refractivity contribution in [1.82, 2.24) is 0 Å². The van der Waals surface area contributed by atoms with Gasteiger partial charge < -0.3 is 26.6 Å². The first-order chi connectivity index (χ1) is 11.8. The summed E-state index contributed by atoms with van der Waals surface area (Å²) in [6.45, 7) is 17.1. The lowest BCUT2D eigenvalue weighted by molar-refractivity contribution is 0.0840. The highest BCUT2D eigenvalue weighted by molar-refractivity contribution is 6.64. The van der Waals surface area contributed by atoms with Gasteiger partial charge in [-0.1, -0.05) is 55.4 Å². The molecule has 0 spiro atoms. The Kier molecular flexibility index (Phi) is 12.3. The van der Waals surface area contributed by atoms with Crippen LogP contribution in [0.15, 0.2) is 0 Å². The number of hydrogen-bond acceptors (Lipinski definition) is 6. The van der Waals surface area contributed by atoms with Crippen LogP contribution in [0.4, 0.5) is 0 Å². The van der Waals surface area contributed by atoms with Crippen LogP contribution in [0.2, 0.25) is 10.1 Å². The molecule has 0 heterocycles. The summed E-state index contributed by atoms with van der Waals surface area (Å²) in [6.07, 6.45) is 0. The summed E-state index contributed by atoms with van der Waals surface area (Å²) in [4.78, 5) is 0. The minimum atomic E-state index is -2.51. The Balaban J connectivity index is 0. The van der Waals surface area contributed by atoms with Crippen molar-refractivity contribution < 1.29 is 26.6 Å². The van der Waals surface area contributed by atoms with Gasteiger partial charge in [0, 0.05) is 52.7 Å². The van der Waals surface area contributed by atoms with Crippen LogP contribution in [0.5, 0.6) is 0 Å². The van der Waals surface area contributed by atoms with Crippen molar-refractivity contribution in [2.75, 3.05) is 42.7 Å². The standard InChI is InChI=1S/2C9H22O3Si/c2*1-8(2)9(3,4)13(10-5,11-6)12-7/h2*8H,1-7H3. The Bertz CT molecular complexity index is 325. The molecule has 0 aromatic heterocycles. The van der Waals surface area contributed by atoms with E-state index in [4.69, 9.17) is 26.6 Å². The Morgan fingerprint density at radius 1 is 0.462 bits per heavy atom. The average molecular weight is 413 g/mol. The smallest absolute Gasteiger partial charge is 0.377 e. The van der Waals surface area contributed by atoms with Crippen LogP contribution in [-0.4, -0.2) is 60.3 Å². The molecule has 0 atom stereocenters. The van der Waals surface area contributed by atoms with Crippen molar-refractivity contribution in [3.63, 3.8) is 0 Å². The van der Waals surface area contributed by atoms with Gasteiger partial charge in [-0.3, -0.25) is 0 Å². The van der Waals surface area contributed by atoms with Crippen LogP contribution in [0.3, 0.4) is 0 Å². The highest BCUT2D eigenvalue weighted by Crippen LogP contribution is 2.45. The Morgan fingerprint density at radius 2 is 0.615 bits per heavy atom. The van der Waals surface area contributed by atoms with Crippen LogP contribution in [0.1, 0.15) is 55.4 Å². The molecule has 0 radical (unpaired) electrons. The van der Waals surface area contributed by atoms with Gasteiger partial charge in [-0.2, -0.15) is 0 Å². The molecule has 8 heteroatoms. The van der Waals surface area contributed by atoms with Gasteiger partial charge in [0.15, 0.2) is 0 Å². The van der Waals surface area contributed by atoms with E-state index in [0.29, 0.717) is 11.8 Å². The largest absolute Gasteiger partial charge is 0.506 e. The summed E-state index contributed by atoms with van der Waals surface area (Å²) in [5, 5.41) is -0.128.